The van der Waals surface area contributed by atoms with Crippen molar-refractivity contribution in [3.63, 3.8) is 0 Å². The molecule has 1 aliphatic carbocycles. The van der Waals surface area contributed by atoms with Crippen LogP contribution in [-0.2, 0) is 6.42 Å². The van der Waals surface area contributed by atoms with E-state index in [1.54, 1.807) is 0 Å². The Balaban J connectivity index is 1.70. The summed E-state index contributed by atoms with van der Waals surface area (Å²) in [6, 6.07) is 2.76. The first-order chi connectivity index (χ1) is 9.23. The molecule has 3 heteroatoms. The van der Waals surface area contributed by atoms with Gasteiger partial charge in [-0.1, -0.05) is 19.8 Å². The standard InChI is InChI=1S/C16H27N3/c1-3-13(2)19-9-8-15(18-19)10-16(11-17-12-16)14-6-4-5-7-14/h8-9,13-14,17H,3-7,10-12H2,1-2H3. The summed E-state index contributed by atoms with van der Waals surface area (Å²) in [5.74, 6) is 0.933. The van der Waals surface area contributed by atoms with Crippen molar-refractivity contribution in [1.82, 2.24) is 15.1 Å². The van der Waals surface area contributed by atoms with Gasteiger partial charge in [-0.25, -0.2) is 0 Å². The third kappa shape index (κ3) is 2.45. The quantitative estimate of drug-likeness (QED) is 0.882. The van der Waals surface area contributed by atoms with E-state index in [9.17, 15) is 0 Å². The maximum Gasteiger partial charge on any atom is 0.0631 e. The molecule has 1 aliphatic heterocycles. The molecule has 2 heterocycles. The molecule has 1 saturated heterocycles. The van der Waals surface area contributed by atoms with Gasteiger partial charge in [0.05, 0.1) is 5.69 Å². The average molecular weight is 261 g/mol. The van der Waals surface area contributed by atoms with Crippen molar-refractivity contribution in [2.24, 2.45) is 11.3 Å². The fourth-order valence-corrected chi connectivity index (χ4v) is 3.81. The van der Waals surface area contributed by atoms with Gasteiger partial charge in [0.2, 0.25) is 0 Å². The van der Waals surface area contributed by atoms with Crippen LogP contribution in [0.3, 0.4) is 0 Å². The second-order valence-electron chi connectivity index (χ2n) is 6.67. The second kappa shape index (κ2) is 5.28. The van der Waals surface area contributed by atoms with Crippen LogP contribution in [-0.4, -0.2) is 22.9 Å². The van der Waals surface area contributed by atoms with Crippen LogP contribution in [0.5, 0.6) is 0 Å². The monoisotopic (exact) mass is 261 g/mol. The third-order valence-electron chi connectivity index (χ3n) is 5.41. The van der Waals surface area contributed by atoms with E-state index < -0.39 is 0 Å². The SMILES string of the molecule is CCC(C)n1ccc(CC2(C3CCCC3)CNC2)n1. The summed E-state index contributed by atoms with van der Waals surface area (Å²) in [6.45, 7) is 6.87. The largest absolute Gasteiger partial charge is 0.315 e. The van der Waals surface area contributed by atoms with Crippen molar-refractivity contribution in [2.45, 2.75) is 58.4 Å². The number of aromatic nitrogens is 2. The van der Waals surface area contributed by atoms with Crippen molar-refractivity contribution in [2.75, 3.05) is 13.1 Å². The zero-order valence-electron chi connectivity index (χ0n) is 12.4. The first-order valence-corrected chi connectivity index (χ1v) is 7.98. The van der Waals surface area contributed by atoms with E-state index in [1.165, 1.54) is 50.9 Å². The van der Waals surface area contributed by atoms with Crippen molar-refractivity contribution in [3.05, 3.63) is 18.0 Å². The van der Waals surface area contributed by atoms with Gasteiger partial charge in [0.25, 0.3) is 0 Å². The molecule has 19 heavy (non-hydrogen) atoms. The molecule has 1 aromatic heterocycles. The van der Waals surface area contributed by atoms with Gasteiger partial charge >= 0.3 is 0 Å². The minimum Gasteiger partial charge on any atom is -0.315 e. The molecule has 0 bridgehead atoms. The van der Waals surface area contributed by atoms with Crippen LogP contribution in [0.25, 0.3) is 0 Å². The number of nitrogens with one attached hydrogen (secondary N) is 1. The highest BCUT2D eigenvalue weighted by atomic mass is 15.3. The fraction of sp³-hybridized carbons (Fsp3) is 0.812. The predicted molar refractivity (Wildman–Crippen MR) is 78.2 cm³/mol. The molecule has 2 fully saturated rings. The molecule has 0 aromatic carbocycles. The average Bonchev–Trinajstić information content (AvgIpc) is 3.04. The van der Waals surface area contributed by atoms with Crippen LogP contribution in [0.2, 0.25) is 0 Å². The van der Waals surface area contributed by atoms with Gasteiger partial charge in [-0.3, -0.25) is 4.68 Å². The zero-order valence-corrected chi connectivity index (χ0v) is 12.4. The van der Waals surface area contributed by atoms with Crippen LogP contribution >= 0.6 is 0 Å². The summed E-state index contributed by atoms with van der Waals surface area (Å²) in [7, 11) is 0. The Morgan fingerprint density at radius 2 is 2.16 bits per heavy atom. The molecule has 1 atom stereocenters. The Kier molecular flexibility index (Phi) is 3.66. The summed E-state index contributed by atoms with van der Waals surface area (Å²) in [5, 5.41) is 8.31. The third-order valence-corrected chi connectivity index (χ3v) is 5.41. The minimum absolute atomic E-state index is 0.519. The van der Waals surface area contributed by atoms with Crippen molar-refractivity contribution >= 4 is 0 Å². The Morgan fingerprint density at radius 3 is 2.74 bits per heavy atom. The van der Waals surface area contributed by atoms with Gasteiger partial charge in [-0.05, 0) is 44.6 Å². The molecule has 1 saturated carbocycles. The van der Waals surface area contributed by atoms with Gasteiger partial charge in [0.15, 0.2) is 0 Å². The van der Waals surface area contributed by atoms with Crippen molar-refractivity contribution in [1.29, 1.82) is 0 Å². The summed E-state index contributed by atoms with van der Waals surface area (Å²) in [6.07, 6.45) is 10.2. The van der Waals surface area contributed by atoms with E-state index in [1.807, 2.05) is 0 Å². The minimum atomic E-state index is 0.519. The van der Waals surface area contributed by atoms with Crippen molar-refractivity contribution < 1.29 is 0 Å². The lowest BCUT2D eigenvalue weighted by Crippen LogP contribution is -2.58. The molecule has 3 nitrogen and oxygen atoms in total. The van der Waals surface area contributed by atoms with Crippen LogP contribution in [0, 0.1) is 11.3 Å². The summed E-state index contributed by atoms with van der Waals surface area (Å²) >= 11 is 0. The van der Waals surface area contributed by atoms with Crippen LogP contribution in [0.4, 0.5) is 0 Å². The molecule has 1 aromatic rings. The summed E-state index contributed by atoms with van der Waals surface area (Å²) in [5.41, 5.74) is 1.82. The summed E-state index contributed by atoms with van der Waals surface area (Å²) in [4.78, 5) is 0. The Morgan fingerprint density at radius 1 is 1.42 bits per heavy atom. The normalized spacial score (nSPS) is 24.3. The first kappa shape index (κ1) is 13.2. The topological polar surface area (TPSA) is 29.9 Å². The Hall–Kier alpha value is -0.830. The maximum absolute atomic E-state index is 4.81. The Labute approximate surface area is 116 Å². The number of hydrogen-bond donors (Lipinski definition) is 1. The van der Waals surface area contributed by atoms with Gasteiger partial charge in [-0.2, -0.15) is 5.10 Å². The maximum atomic E-state index is 4.81. The van der Waals surface area contributed by atoms with Crippen LogP contribution in [0.1, 0.15) is 57.7 Å². The fourth-order valence-electron chi connectivity index (χ4n) is 3.81. The van der Waals surface area contributed by atoms with Gasteiger partial charge in [0.1, 0.15) is 0 Å². The molecule has 1 N–H and O–H groups in total. The predicted octanol–water partition coefficient (Wildman–Crippen LogP) is 3.18. The van der Waals surface area contributed by atoms with Crippen LogP contribution in [0.15, 0.2) is 12.3 Å². The highest BCUT2D eigenvalue weighted by Crippen LogP contribution is 2.44. The van der Waals surface area contributed by atoms with Gasteiger partial charge < -0.3 is 5.32 Å². The second-order valence-corrected chi connectivity index (χ2v) is 6.67. The number of hydrogen-bond acceptors (Lipinski definition) is 2. The lowest BCUT2D eigenvalue weighted by atomic mass is 9.67. The molecule has 106 valence electrons. The molecule has 1 unspecified atom stereocenters. The van der Waals surface area contributed by atoms with E-state index in [2.05, 4.69) is 36.1 Å². The lowest BCUT2D eigenvalue weighted by Gasteiger charge is -2.47. The van der Waals surface area contributed by atoms with E-state index >= 15 is 0 Å². The van der Waals surface area contributed by atoms with Crippen molar-refractivity contribution in [3.8, 4) is 0 Å². The van der Waals surface area contributed by atoms with Gasteiger partial charge in [0, 0.05) is 30.7 Å². The molecular weight excluding hydrogens is 234 g/mol. The zero-order chi connectivity index (χ0) is 13.3. The first-order valence-electron chi connectivity index (χ1n) is 7.98. The highest BCUT2D eigenvalue weighted by Gasteiger charge is 2.45. The summed E-state index contributed by atoms with van der Waals surface area (Å²) < 4.78 is 2.14. The van der Waals surface area contributed by atoms with Crippen LogP contribution < -0.4 is 5.32 Å². The molecule has 2 aliphatic rings. The number of rotatable bonds is 5. The molecule has 0 amide bonds. The van der Waals surface area contributed by atoms with E-state index in [0.717, 1.165) is 12.3 Å². The Bertz CT molecular complexity index is 413. The lowest BCUT2D eigenvalue weighted by molar-refractivity contribution is 0.0797. The van der Waals surface area contributed by atoms with E-state index in [4.69, 9.17) is 5.10 Å². The molecule has 3 rings (SSSR count). The molecular formula is C16H27N3. The van der Waals surface area contributed by atoms with Gasteiger partial charge in [-0.15, -0.1) is 0 Å². The highest BCUT2D eigenvalue weighted by molar-refractivity contribution is 5.10. The molecule has 0 spiro atoms. The van der Waals surface area contributed by atoms with E-state index in [-0.39, 0.29) is 0 Å². The smallest absolute Gasteiger partial charge is 0.0631 e. The number of nitrogens with zero attached hydrogens (tertiary/aromatic N) is 2. The van der Waals surface area contributed by atoms with E-state index in [0.29, 0.717) is 11.5 Å². The molecule has 0 radical (unpaired) electrons.